The zero-order valence-electron chi connectivity index (χ0n) is 14.4. The second-order valence-electron chi connectivity index (χ2n) is 5.56. The fourth-order valence-corrected chi connectivity index (χ4v) is 2.53. The highest BCUT2D eigenvalue weighted by atomic mass is 16.7. The van der Waals surface area contributed by atoms with Gasteiger partial charge in [-0.3, -0.25) is 4.79 Å². The first-order valence-electron chi connectivity index (χ1n) is 8.37. The number of fused-ring (bicyclic) bond motifs is 1. The van der Waals surface area contributed by atoms with Crippen molar-refractivity contribution in [2.45, 2.75) is 13.3 Å². The monoisotopic (exact) mass is 356 g/mol. The largest absolute Gasteiger partial charge is 0.462 e. The number of para-hydroxylation sites is 1. The van der Waals surface area contributed by atoms with Gasteiger partial charge in [0.05, 0.1) is 12.2 Å². The number of amides is 1. The van der Waals surface area contributed by atoms with Gasteiger partial charge in [0.1, 0.15) is 0 Å². The molecule has 3 rings (SSSR count). The summed E-state index contributed by atoms with van der Waals surface area (Å²) in [5.41, 5.74) is 1.73. The molecule has 0 saturated carbocycles. The lowest BCUT2D eigenvalue weighted by atomic mass is 10.1. The SMILES string of the molecule is CCOC(=O)c1ccccc1NCCC(=O)Nc1ccc2c(c1)OCO2. The lowest BCUT2D eigenvalue weighted by Gasteiger charge is -2.11. The molecular formula is C19H20N2O5. The summed E-state index contributed by atoms with van der Waals surface area (Å²) in [6.45, 7) is 2.64. The van der Waals surface area contributed by atoms with E-state index >= 15 is 0 Å². The number of ether oxygens (including phenoxy) is 3. The van der Waals surface area contributed by atoms with Crippen LogP contribution < -0.4 is 20.1 Å². The van der Waals surface area contributed by atoms with Gasteiger partial charge in [-0.15, -0.1) is 0 Å². The number of anilines is 2. The maximum atomic E-state index is 12.1. The first-order valence-corrected chi connectivity index (χ1v) is 8.37. The Balaban J connectivity index is 1.52. The van der Waals surface area contributed by atoms with Crippen LogP contribution in [0.1, 0.15) is 23.7 Å². The Bertz CT molecular complexity index is 806. The van der Waals surface area contributed by atoms with E-state index in [1.54, 1.807) is 43.3 Å². The molecule has 0 spiro atoms. The molecule has 0 aliphatic carbocycles. The molecule has 1 aliphatic heterocycles. The van der Waals surface area contributed by atoms with E-state index in [9.17, 15) is 9.59 Å². The first kappa shape index (κ1) is 17.6. The van der Waals surface area contributed by atoms with Gasteiger partial charge in [0.25, 0.3) is 0 Å². The van der Waals surface area contributed by atoms with Gasteiger partial charge in [0, 0.05) is 30.4 Å². The number of benzene rings is 2. The molecule has 0 radical (unpaired) electrons. The van der Waals surface area contributed by atoms with E-state index in [-0.39, 0.29) is 25.1 Å². The van der Waals surface area contributed by atoms with Crippen molar-refractivity contribution in [3.63, 3.8) is 0 Å². The van der Waals surface area contributed by atoms with Gasteiger partial charge in [0.15, 0.2) is 11.5 Å². The number of hydrogen-bond donors (Lipinski definition) is 2. The zero-order chi connectivity index (χ0) is 18.4. The number of rotatable bonds is 7. The first-order chi connectivity index (χ1) is 12.7. The average molecular weight is 356 g/mol. The van der Waals surface area contributed by atoms with E-state index < -0.39 is 0 Å². The van der Waals surface area contributed by atoms with Crippen molar-refractivity contribution in [1.82, 2.24) is 0 Å². The minimum atomic E-state index is -0.389. The van der Waals surface area contributed by atoms with Crippen LogP contribution in [0.2, 0.25) is 0 Å². The summed E-state index contributed by atoms with van der Waals surface area (Å²) in [6, 6.07) is 12.3. The second kappa shape index (κ2) is 8.24. The topological polar surface area (TPSA) is 85.9 Å². The molecule has 7 nitrogen and oxygen atoms in total. The summed E-state index contributed by atoms with van der Waals surface area (Å²) in [5, 5.41) is 5.91. The Morgan fingerprint density at radius 3 is 2.77 bits per heavy atom. The highest BCUT2D eigenvalue weighted by Gasteiger charge is 2.14. The van der Waals surface area contributed by atoms with E-state index in [1.165, 1.54) is 0 Å². The van der Waals surface area contributed by atoms with E-state index in [2.05, 4.69) is 10.6 Å². The Labute approximate surface area is 151 Å². The quantitative estimate of drug-likeness (QED) is 0.742. The summed E-state index contributed by atoms with van der Waals surface area (Å²) >= 11 is 0. The average Bonchev–Trinajstić information content (AvgIpc) is 3.10. The maximum absolute atomic E-state index is 12.1. The lowest BCUT2D eigenvalue weighted by molar-refractivity contribution is -0.115. The molecule has 136 valence electrons. The normalized spacial score (nSPS) is 11.7. The van der Waals surface area contributed by atoms with Crippen LogP contribution in [0.5, 0.6) is 11.5 Å². The number of carbonyl (C=O) groups excluding carboxylic acids is 2. The molecule has 0 fully saturated rings. The summed E-state index contributed by atoms with van der Waals surface area (Å²) in [5.74, 6) is 0.745. The lowest BCUT2D eigenvalue weighted by Crippen LogP contribution is -2.17. The third kappa shape index (κ3) is 4.24. The Morgan fingerprint density at radius 1 is 1.12 bits per heavy atom. The number of nitrogens with one attached hydrogen (secondary N) is 2. The molecular weight excluding hydrogens is 336 g/mol. The minimum absolute atomic E-state index is 0.148. The molecule has 0 atom stereocenters. The van der Waals surface area contributed by atoms with E-state index in [4.69, 9.17) is 14.2 Å². The van der Waals surface area contributed by atoms with Gasteiger partial charge in [-0.05, 0) is 31.2 Å². The number of esters is 1. The molecule has 26 heavy (non-hydrogen) atoms. The van der Waals surface area contributed by atoms with Crippen molar-refractivity contribution in [2.75, 3.05) is 30.6 Å². The van der Waals surface area contributed by atoms with Crippen molar-refractivity contribution in [1.29, 1.82) is 0 Å². The second-order valence-corrected chi connectivity index (χ2v) is 5.56. The Hall–Kier alpha value is -3.22. The minimum Gasteiger partial charge on any atom is -0.462 e. The molecule has 1 amide bonds. The number of hydrogen-bond acceptors (Lipinski definition) is 6. The van der Waals surface area contributed by atoms with Crippen LogP contribution in [0.25, 0.3) is 0 Å². The smallest absolute Gasteiger partial charge is 0.340 e. The third-order valence-electron chi connectivity index (χ3n) is 3.75. The third-order valence-corrected chi connectivity index (χ3v) is 3.75. The predicted molar refractivity (Wildman–Crippen MR) is 96.7 cm³/mol. The standard InChI is InChI=1S/C19H20N2O5/c1-2-24-19(23)14-5-3-4-6-15(14)20-10-9-18(22)21-13-7-8-16-17(11-13)26-12-25-16/h3-8,11,20H,2,9-10,12H2,1H3,(H,21,22). The van der Waals surface area contributed by atoms with Crippen molar-refractivity contribution in [3.05, 3.63) is 48.0 Å². The summed E-state index contributed by atoms with van der Waals surface area (Å²) in [7, 11) is 0. The van der Waals surface area contributed by atoms with Crippen LogP contribution in [-0.4, -0.2) is 31.8 Å². The van der Waals surface area contributed by atoms with Crippen LogP contribution in [0.3, 0.4) is 0 Å². The van der Waals surface area contributed by atoms with Crippen molar-refractivity contribution in [3.8, 4) is 11.5 Å². The molecule has 1 aliphatic rings. The molecule has 0 bridgehead atoms. The summed E-state index contributed by atoms with van der Waals surface area (Å²) < 4.78 is 15.6. The van der Waals surface area contributed by atoms with E-state index in [0.717, 1.165) is 0 Å². The van der Waals surface area contributed by atoms with E-state index in [0.29, 0.717) is 41.6 Å². The van der Waals surface area contributed by atoms with Gasteiger partial charge < -0.3 is 24.8 Å². The molecule has 7 heteroatoms. The maximum Gasteiger partial charge on any atom is 0.340 e. The van der Waals surface area contributed by atoms with Gasteiger partial charge in [-0.25, -0.2) is 4.79 Å². The van der Waals surface area contributed by atoms with Gasteiger partial charge in [-0.1, -0.05) is 12.1 Å². The van der Waals surface area contributed by atoms with Crippen LogP contribution in [-0.2, 0) is 9.53 Å². The molecule has 0 aromatic heterocycles. The van der Waals surface area contributed by atoms with Gasteiger partial charge >= 0.3 is 5.97 Å². The van der Waals surface area contributed by atoms with Gasteiger partial charge in [-0.2, -0.15) is 0 Å². The molecule has 2 N–H and O–H groups in total. The molecule has 0 saturated heterocycles. The van der Waals surface area contributed by atoms with Crippen molar-refractivity contribution in [2.24, 2.45) is 0 Å². The molecule has 2 aromatic rings. The van der Waals surface area contributed by atoms with Crippen molar-refractivity contribution < 1.29 is 23.8 Å². The van der Waals surface area contributed by atoms with Crippen molar-refractivity contribution >= 4 is 23.3 Å². The fraction of sp³-hybridized carbons (Fsp3) is 0.263. The molecule has 0 unspecified atom stereocenters. The summed E-state index contributed by atoms with van der Waals surface area (Å²) in [6.07, 6.45) is 0.242. The fourth-order valence-electron chi connectivity index (χ4n) is 2.53. The molecule has 2 aromatic carbocycles. The van der Waals surface area contributed by atoms with E-state index in [1.807, 2.05) is 6.07 Å². The highest BCUT2D eigenvalue weighted by Crippen LogP contribution is 2.34. The van der Waals surface area contributed by atoms with Gasteiger partial charge in [0.2, 0.25) is 12.7 Å². The van der Waals surface area contributed by atoms with Crippen LogP contribution in [0, 0.1) is 0 Å². The number of carbonyl (C=O) groups is 2. The summed E-state index contributed by atoms with van der Waals surface area (Å²) in [4.78, 5) is 24.0. The Morgan fingerprint density at radius 2 is 1.92 bits per heavy atom. The van der Waals surface area contributed by atoms with Crippen LogP contribution >= 0.6 is 0 Å². The Kier molecular flexibility index (Phi) is 5.58. The highest BCUT2D eigenvalue weighted by molar-refractivity contribution is 5.96. The molecule has 1 heterocycles. The predicted octanol–water partition coefficient (Wildman–Crippen LogP) is 3.03. The zero-order valence-corrected chi connectivity index (χ0v) is 14.4. The van der Waals surface area contributed by atoms with Crippen LogP contribution in [0.4, 0.5) is 11.4 Å². The van der Waals surface area contributed by atoms with Crippen LogP contribution in [0.15, 0.2) is 42.5 Å².